The van der Waals surface area contributed by atoms with Gasteiger partial charge in [-0.25, -0.2) is 18.2 Å². The number of rotatable bonds is 5. The summed E-state index contributed by atoms with van der Waals surface area (Å²) in [7, 11) is 1.24. The fourth-order valence-corrected chi connectivity index (χ4v) is 2.68. The van der Waals surface area contributed by atoms with Gasteiger partial charge in [0.1, 0.15) is 36.0 Å². The van der Waals surface area contributed by atoms with Crippen LogP contribution in [0.5, 0.6) is 11.6 Å². The van der Waals surface area contributed by atoms with Crippen molar-refractivity contribution in [3.8, 4) is 23.4 Å². The summed E-state index contributed by atoms with van der Waals surface area (Å²) in [5.74, 6) is -2.88. The van der Waals surface area contributed by atoms with Gasteiger partial charge in [-0.05, 0) is 18.2 Å². The third-order valence-electron chi connectivity index (χ3n) is 3.88. The topological polar surface area (TPSA) is 77.1 Å². The van der Waals surface area contributed by atoms with E-state index in [1.54, 1.807) is 6.07 Å². The van der Waals surface area contributed by atoms with Crippen LogP contribution in [0, 0.1) is 28.8 Å². The third kappa shape index (κ3) is 4.02. The van der Waals surface area contributed by atoms with Crippen molar-refractivity contribution < 1.29 is 22.6 Å². The Morgan fingerprint density at radius 2 is 1.97 bits per heavy atom. The van der Waals surface area contributed by atoms with E-state index in [2.05, 4.69) is 4.98 Å². The maximum absolute atomic E-state index is 14.5. The predicted molar refractivity (Wildman–Crippen MR) is 96.8 cm³/mol. The summed E-state index contributed by atoms with van der Waals surface area (Å²) in [6, 6.07) is 6.87. The first-order chi connectivity index (χ1) is 13.8. The Morgan fingerprint density at radius 3 is 2.62 bits per heavy atom. The zero-order valence-electron chi connectivity index (χ0n) is 14.7. The Kier molecular flexibility index (Phi) is 5.75. The van der Waals surface area contributed by atoms with Crippen LogP contribution in [0.2, 0.25) is 5.02 Å². The molecule has 2 aromatic carbocycles. The Hall–Kier alpha value is -3.51. The van der Waals surface area contributed by atoms with Crippen molar-refractivity contribution in [2.45, 2.75) is 6.61 Å². The molecule has 0 spiro atoms. The highest BCUT2D eigenvalue weighted by molar-refractivity contribution is 6.31. The summed E-state index contributed by atoms with van der Waals surface area (Å²) in [6.45, 7) is -0.364. The van der Waals surface area contributed by atoms with Gasteiger partial charge < -0.3 is 9.47 Å². The second kappa shape index (κ2) is 8.24. The number of hydrogen-bond acceptors (Lipinski definition) is 5. The van der Waals surface area contributed by atoms with E-state index in [0.717, 1.165) is 23.0 Å². The molecule has 6 nitrogen and oxygen atoms in total. The zero-order chi connectivity index (χ0) is 21.1. The van der Waals surface area contributed by atoms with Gasteiger partial charge >= 0.3 is 0 Å². The summed E-state index contributed by atoms with van der Waals surface area (Å²) in [5, 5.41) is 8.44. The highest BCUT2D eigenvalue weighted by Gasteiger charge is 2.19. The molecule has 0 radical (unpaired) electrons. The lowest BCUT2D eigenvalue weighted by molar-refractivity contribution is 0.286. The molecule has 0 saturated heterocycles. The number of nitrogens with zero attached hydrogens (tertiary/aromatic N) is 3. The molecule has 0 amide bonds. The third-order valence-corrected chi connectivity index (χ3v) is 4.21. The van der Waals surface area contributed by atoms with Crippen molar-refractivity contribution in [2.24, 2.45) is 0 Å². The molecule has 0 aliphatic carbocycles. The van der Waals surface area contributed by atoms with Crippen molar-refractivity contribution in [1.29, 1.82) is 5.26 Å². The molecule has 0 aliphatic rings. The molecule has 10 heteroatoms. The number of aromatic nitrogens is 2. The second-order valence-electron chi connectivity index (χ2n) is 5.68. The fraction of sp³-hybridized carbons (Fsp3) is 0.105. The highest BCUT2D eigenvalue weighted by atomic mass is 35.5. The second-order valence-corrected chi connectivity index (χ2v) is 6.06. The monoisotopic (exact) mass is 421 g/mol. The van der Waals surface area contributed by atoms with Crippen LogP contribution in [0.25, 0.3) is 5.69 Å². The van der Waals surface area contributed by atoms with Crippen molar-refractivity contribution in [3.63, 3.8) is 0 Å². The number of nitriles is 1. The van der Waals surface area contributed by atoms with Crippen LogP contribution in [-0.2, 0) is 6.61 Å². The summed E-state index contributed by atoms with van der Waals surface area (Å²) < 4.78 is 52.2. The number of benzene rings is 2. The Bertz CT molecular complexity index is 1190. The minimum absolute atomic E-state index is 0.00326. The van der Waals surface area contributed by atoms with Crippen LogP contribution >= 0.6 is 11.6 Å². The Morgan fingerprint density at radius 1 is 1.21 bits per heavy atom. The van der Waals surface area contributed by atoms with Crippen LogP contribution < -0.4 is 15.0 Å². The number of hydrogen-bond donors (Lipinski definition) is 0. The maximum atomic E-state index is 14.5. The molecule has 0 bridgehead atoms. The van der Waals surface area contributed by atoms with E-state index in [-0.39, 0.29) is 35.1 Å². The van der Waals surface area contributed by atoms with Crippen LogP contribution in [-0.4, -0.2) is 16.7 Å². The summed E-state index contributed by atoms with van der Waals surface area (Å²) in [6.07, 6.45) is 0.956. The smallest absolute Gasteiger partial charge is 0.280 e. The van der Waals surface area contributed by atoms with Crippen molar-refractivity contribution in [3.05, 3.63) is 80.6 Å². The van der Waals surface area contributed by atoms with Gasteiger partial charge in [0.2, 0.25) is 5.88 Å². The van der Waals surface area contributed by atoms with E-state index in [1.807, 2.05) is 0 Å². The molecule has 3 aromatic rings. The van der Waals surface area contributed by atoms with E-state index in [1.165, 1.54) is 19.2 Å². The summed E-state index contributed by atoms with van der Waals surface area (Å²) >= 11 is 6.00. The average molecular weight is 422 g/mol. The normalized spacial score (nSPS) is 10.5. The Balaban J connectivity index is 1.97. The van der Waals surface area contributed by atoms with E-state index >= 15 is 0 Å². The van der Waals surface area contributed by atoms with Gasteiger partial charge in [0.25, 0.3) is 5.56 Å². The molecule has 1 aromatic heterocycles. The molecule has 0 atom stereocenters. The first-order valence-corrected chi connectivity index (χ1v) is 8.35. The molecule has 148 valence electrons. The van der Waals surface area contributed by atoms with Gasteiger partial charge in [0.15, 0.2) is 10.8 Å². The lowest BCUT2D eigenvalue weighted by atomic mass is 10.2. The van der Waals surface area contributed by atoms with Crippen LogP contribution in [0.4, 0.5) is 13.2 Å². The maximum Gasteiger partial charge on any atom is 0.280 e. The van der Waals surface area contributed by atoms with Gasteiger partial charge in [-0.1, -0.05) is 11.6 Å². The van der Waals surface area contributed by atoms with Gasteiger partial charge in [-0.2, -0.15) is 5.26 Å². The van der Waals surface area contributed by atoms with E-state index < -0.39 is 28.0 Å². The molecule has 0 fully saturated rings. The van der Waals surface area contributed by atoms with Crippen LogP contribution in [0.3, 0.4) is 0 Å². The minimum atomic E-state index is -0.900. The van der Waals surface area contributed by atoms with Gasteiger partial charge in [0, 0.05) is 17.7 Å². The first-order valence-electron chi connectivity index (χ1n) is 7.97. The number of halogens is 4. The molecule has 3 rings (SSSR count). The highest BCUT2D eigenvalue weighted by Crippen LogP contribution is 2.28. The SMILES string of the molecule is COc1cc(C#N)cc(F)c1-n1cnc(OCc2ccc(F)cc2F)c(Cl)c1=O. The molecule has 0 aliphatic heterocycles. The number of ether oxygens (including phenoxy) is 2. The van der Waals surface area contributed by atoms with E-state index in [9.17, 15) is 18.0 Å². The molecule has 0 saturated carbocycles. The molecular weight excluding hydrogens is 411 g/mol. The van der Waals surface area contributed by atoms with Crippen molar-refractivity contribution >= 4 is 11.6 Å². The van der Waals surface area contributed by atoms with Crippen LogP contribution in [0.15, 0.2) is 41.5 Å². The van der Waals surface area contributed by atoms with Crippen molar-refractivity contribution in [1.82, 2.24) is 9.55 Å². The number of methoxy groups -OCH3 is 1. The summed E-state index contributed by atoms with van der Waals surface area (Å²) in [4.78, 5) is 16.4. The molecule has 0 unspecified atom stereocenters. The van der Waals surface area contributed by atoms with Gasteiger partial charge in [0.05, 0.1) is 18.7 Å². The first kappa shape index (κ1) is 20.2. The van der Waals surface area contributed by atoms with E-state index in [4.69, 9.17) is 26.3 Å². The largest absolute Gasteiger partial charge is 0.494 e. The predicted octanol–water partition coefficient (Wildman–Crippen LogP) is 3.76. The Labute approximate surface area is 167 Å². The lowest BCUT2D eigenvalue weighted by Gasteiger charge is -2.14. The standard InChI is InChI=1S/C19H11ClF3N3O3/c1-28-15-5-10(7-24)4-14(23)17(15)26-9-25-18(16(20)19(26)27)29-8-11-2-3-12(21)6-13(11)22/h2-6,9H,8H2,1H3. The molecule has 29 heavy (non-hydrogen) atoms. The van der Waals surface area contributed by atoms with Crippen LogP contribution in [0.1, 0.15) is 11.1 Å². The minimum Gasteiger partial charge on any atom is -0.494 e. The zero-order valence-corrected chi connectivity index (χ0v) is 15.5. The quantitative estimate of drug-likeness (QED) is 0.627. The molecule has 1 heterocycles. The molecule has 0 N–H and O–H groups in total. The van der Waals surface area contributed by atoms with Gasteiger partial charge in [-0.15, -0.1) is 0 Å². The summed E-state index contributed by atoms with van der Waals surface area (Å²) in [5.41, 5.74) is -1.15. The fourth-order valence-electron chi connectivity index (χ4n) is 2.49. The van der Waals surface area contributed by atoms with E-state index in [0.29, 0.717) is 6.07 Å². The lowest BCUT2D eigenvalue weighted by Crippen LogP contribution is -2.22. The van der Waals surface area contributed by atoms with Crippen molar-refractivity contribution in [2.75, 3.05) is 7.11 Å². The van der Waals surface area contributed by atoms with Gasteiger partial charge in [-0.3, -0.25) is 9.36 Å². The molecular formula is C19H11ClF3N3O3. The average Bonchev–Trinajstić information content (AvgIpc) is 2.70.